The Kier molecular flexibility index (Phi) is 8.19. The summed E-state index contributed by atoms with van der Waals surface area (Å²) >= 11 is 0. The number of nitrogens with one attached hydrogen (secondary N) is 2. The number of carbonyl (C=O) groups is 2. The Morgan fingerprint density at radius 2 is 1.75 bits per heavy atom. The highest BCUT2D eigenvalue weighted by atomic mass is 16.4. The summed E-state index contributed by atoms with van der Waals surface area (Å²) in [6.45, 7) is 6.38. The summed E-state index contributed by atoms with van der Waals surface area (Å²) in [6, 6.07) is -0.561. The number of carboxylic acids is 1. The van der Waals surface area contributed by atoms with E-state index in [0.29, 0.717) is 18.5 Å². The van der Waals surface area contributed by atoms with Crippen molar-refractivity contribution in [3.8, 4) is 0 Å². The number of hydrogen-bond donors (Lipinski definition) is 3. The van der Waals surface area contributed by atoms with Crippen LogP contribution in [-0.2, 0) is 9.59 Å². The Balaban J connectivity index is 2.32. The van der Waals surface area contributed by atoms with Crippen molar-refractivity contribution < 1.29 is 14.7 Å². The number of carboxylic acid groups (broad SMARTS) is 1. The number of allylic oxidation sites excluding steroid dienone is 6. The lowest BCUT2D eigenvalue weighted by atomic mass is 10.0. The first kappa shape index (κ1) is 19.9. The van der Waals surface area contributed by atoms with Gasteiger partial charge in [-0.25, -0.2) is 0 Å². The minimum absolute atomic E-state index is 0.117. The zero-order valence-corrected chi connectivity index (χ0v) is 14.7. The Hall–Kier alpha value is -2.14. The van der Waals surface area contributed by atoms with Gasteiger partial charge in [0.2, 0.25) is 0 Å². The zero-order valence-electron chi connectivity index (χ0n) is 14.7. The minimum atomic E-state index is -0.835. The third kappa shape index (κ3) is 8.48. The second kappa shape index (κ2) is 9.88. The van der Waals surface area contributed by atoms with Gasteiger partial charge in [0.15, 0.2) is 0 Å². The molecule has 0 spiro atoms. The Bertz CT molecular complexity index is 551. The third-order valence-corrected chi connectivity index (χ3v) is 3.37. The van der Waals surface area contributed by atoms with E-state index in [2.05, 4.69) is 10.6 Å². The van der Waals surface area contributed by atoms with Crippen molar-refractivity contribution in [2.45, 2.75) is 51.6 Å². The number of amides is 1. The number of hydrogen-bond acceptors (Lipinski definition) is 3. The van der Waals surface area contributed by atoms with Crippen LogP contribution in [0.1, 0.15) is 40.0 Å². The number of carbonyl (C=O) groups excluding carboxylic acids is 1. The lowest BCUT2D eigenvalue weighted by Gasteiger charge is -2.26. The van der Waals surface area contributed by atoms with Crippen LogP contribution in [0.15, 0.2) is 48.1 Å². The van der Waals surface area contributed by atoms with Gasteiger partial charge in [-0.1, -0.05) is 30.4 Å². The molecule has 5 nitrogen and oxygen atoms in total. The van der Waals surface area contributed by atoms with E-state index in [9.17, 15) is 14.7 Å². The lowest BCUT2D eigenvalue weighted by molar-refractivity contribution is -0.140. The predicted molar refractivity (Wildman–Crippen MR) is 96.7 cm³/mol. The molecule has 0 saturated carbocycles. The minimum Gasteiger partial charge on any atom is -0.480 e. The van der Waals surface area contributed by atoms with Crippen molar-refractivity contribution in [2.75, 3.05) is 6.54 Å². The zero-order chi connectivity index (χ0) is 18.0. The van der Waals surface area contributed by atoms with E-state index in [1.54, 1.807) is 12.2 Å². The second-order valence-corrected chi connectivity index (χ2v) is 6.79. The van der Waals surface area contributed by atoms with Crippen molar-refractivity contribution >= 4 is 11.9 Å². The number of unbranched alkanes of at least 4 members (excludes halogenated alkanes) is 1. The maximum absolute atomic E-state index is 12.1. The molecule has 0 radical (unpaired) electrons. The van der Waals surface area contributed by atoms with Crippen LogP contribution in [0, 0.1) is 0 Å². The molecule has 5 heteroatoms. The Labute approximate surface area is 144 Å². The molecule has 0 bridgehead atoms. The largest absolute Gasteiger partial charge is 0.480 e. The van der Waals surface area contributed by atoms with Gasteiger partial charge in [0, 0.05) is 17.7 Å². The number of rotatable bonds is 8. The summed E-state index contributed by atoms with van der Waals surface area (Å²) in [5, 5.41) is 15.2. The molecule has 0 aromatic rings. The van der Waals surface area contributed by atoms with Crippen molar-refractivity contribution in [1.82, 2.24) is 10.6 Å². The standard InChI is InChI=1S/C19H28N2O3/c1-19(2,3)21-16(18(23)24)13-9-10-14-20-17(22)15-11-7-5-4-6-8-12-15/h4-8,11-12,16,21H,9-10,13-14H2,1-3H3,(H,20,22)(H,23,24)/b5-4-,6-4?,7-5?,8-6-,11-7-,12-8?,15-11?,15-12+. The molecule has 1 rings (SSSR count). The molecule has 0 aromatic carbocycles. The van der Waals surface area contributed by atoms with Crippen LogP contribution in [0.25, 0.3) is 0 Å². The molecule has 1 amide bonds. The van der Waals surface area contributed by atoms with Gasteiger partial charge < -0.3 is 10.4 Å². The van der Waals surface area contributed by atoms with Gasteiger partial charge in [-0.3, -0.25) is 14.9 Å². The van der Waals surface area contributed by atoms with E-state index in [-0.39, 0.29) is 11.4 Å². The average Bonchev–Trinajstić information content (AvgIpc) is 2.43. The van der Waals surface area contributed by atoms with Gasteiger partial charge in [0.25, 0.3) is 5.91 Å². The van der Waals surface area contributed by atoms with Crippen molar-refractivity contribution in [3.63, 3.8) is 0 Å². The van der Waals surface area contributed by atoms with Crippen molar-refractivity contribution in [2.24, 2.45) is 0 Å². The van der Waals surface area contributed by atoms with Gasteiger partial charge in [-0.2, -0.15) is 0 Å². The van der Waals surface area contributed by atoms with Crippen LogP contribution in [0.4, 0.5) is 0 Å². The fourth-order valence-corrected chi connectivity index (χ4v) is 2.28. The topological polar surface area (TPSA) is 78.4 Å². The fourth-order valence-electron chi connectivity index (χ4n) is 2.28. The van der Waals surface area contributed by atoms with E-state index < -0.39 is 12.0 Å². The predicted octanol–water partition coefficient (Wildman–Crippen LogP) is 2.72. The summed E-state index contributed by atoms with van der Waals surface area (Å²) in [5.74, 6) is -0.951. The smallest absolute Gasteiger partial charge is 0.320 e. The van der Waals surface area contributed by atoms with Crippen LogP contribution in [0.3, 0.4) is 0 Å². The third-order valence-electron chi connectivity index (χ3n) is 3.37. The molecule has 1 aliphatic rings. The van der Waals surface area contributed by atoms with E-state index >= 15 is 0 Å². The molecule has 0 aliphatic heterocycles. The van der Waals surface area contributed by atoms with E-state index in [1.807, 2.05) is 51.2 Å². The van der Waals surface area contributed by atoms with Crippen LogP contribution >= 0.6 is 0 Å². The Morgan fingerprint density at radius 3 is 2.42 bits per heavy atom. The highest BCUT2D eigenvalue weighted by Gasteiger charge is 2.22. The Morgan fingerprint density at radius 1 is 1.08 bits per heavy atom. The van der Waals surface area contributed by atoms with Gasteiger partial charge in [-0.15, -0.1) is 0 Å². The molecule has 0 heterocycles. The number of aliphatic carboxylic acids is 1. The van der Waals surface area contributed by atoms with Gasteiger partial charge in [-0.05, 0) is 52.2 Å². The molecule has 1 unspecified atom stereocenters. The molecular weight excluding hydrogens is 304 g/mol. The summed E-state index contributed by atoms with van der Waals surface area (Å²) in [5.41, 5.74) is 0.365. The SMILES string of the molecule is CC(C)(C)NC(CCCCNC(=O)C1=C/C=C\C=C/C=C\1)C(=O)O. The van der Waals surface area contributed by atoms with Gasteiger partial charge in [0.05, 0.1) is 0 Å². The molecule has 3 N–H and O–H groups in total. The highest BCUT2D eigenvalue weighted by molar-refractivity contribution is 5.96. The van der Waals surface area contributed by atoms with Crippen molar-refractivity contribution in [1.29, 1.82) is 0 Å². The highest BCUT2D eigenvalue weighted by Crippen LogP contribution is 2.08. The van der Waals surface area contributed by atoms with Crippen LogP contribution in [0.2, 0.25) is 0 Å². The average molecular weight is 332 g/mol. The maximum Gasteiger partial charge on any atom is 0.320 e. The molecule has 1 aliphatic carbocycles. The van der Waals surface area contributed by atoms with E-state index in [1.165, 1.54) is 0 Å². The molecule has 132 valence electrons. The summed E-state index contributed by atoms with van der Waals surface area (Å²) < 4.78 is 0. The first-order valence-electron chi connectivity index (χ1n) is 8.30. The van der Waals surface area contributed by atoms with Crippen molar-refractivity contribution in [3.05, 3.63) is 48.1 Å². The van der Waals surface area contributed by atoms with Crippen LogP contribution < -0.4 is 10.6 Å². The van der Waals surface area contributed by atoms with E-state index in [0.717, 1.165) is 12.8 Å². The summed E-state index contributed by atoms with van der Waals surface area (Å²) in [6.07, 6.45) is 14.8. The normalized spacial score (nSPS) is 21.5. The van der Waals surface area contributed by atoms with E-state index in [4.69, 9.17) is 0 Å². The fraction of sp³-hybridized carbons (Fsp3) is 0.474. The first-order chi connectivity index (χ1) is 11.3. The van der Waals surface area contributed by atoms with Crippen LogP contribution in [0.5, 0.6) is 0 Å². The first-order valence-corrected chi connectivity index (χ1v) is 8.30. The second-order valence-electron chi connectivity index (χ2n) is 6.79. The molecule has 0 fully saturated rings. The monoisotopic (exact) mass is 332 g/mol. The molecule has 24 heavy (non-hydrogen) atoms. The quantitative estimate of drug-likeness (QED) is 0.597. The summed E-state index contributed by atoms with van der Waals surface area (Å²) in [4.78, 5) is 23.3. The lowest BCUT2D eigenvalue weighted by Crippen LogP contribution is -2.47. The summed E-state index contributed by atoms with van der Waals surface area (Å²) in [7, 11) is 0. The molecular formula is C19H28N2O3. The van der Waals surface area contributed by atoms with Gasteiger partial charge in [0.1, 0.15) is 6.04 Å². The molecule has 1 atom stereocenters. The molecule has 0 aromatic heterocycles. The maximum atomic E-state index is 12.1. The molecule has 0 saturated heterocycles. The van der Waals surface area contributed by atoms with Crippen LogP contribution in [-0.4, -0.2) is 35.1 Å². The van der Waals surface area contributed by atoms with Gasteiger partial charge >= 0.3 is 5.97 Å².